The average Bonchev–Trinajstić information content (AvgIpc) is 3.14. The molecule has 0 saturated carbocycles. The minimum absolute atomic E-state index is 0.00698. The molecule has 0 fully saturated rings. The van der Waals surface area contributed by atoms with E-state index in [2.05, 4.69) is 50.3 Å². The van der Waals surface area contributed by atoms with Crippen molar-refractivity contribution >= 4 is 13.8 Å². The fourth-order valence-electron chi connectivity index (χ4n) is 5.39. The SMILES string of the molecule is CCCCC/C=C\C/C=C\C/C=C\C=C\[C@@H](O)CCCC(=O)OC[C@H](COP(=O)([O-])OCC[N+](C)(C)C)O/C=C/CCCCCCCC/C=C\CCCCCC. The Morgan fingerprint density at radius 1 is 0.679 bits per heavy atom. The van der Waals surface area contributed by atoms with Gasteiger partial charge in [0.05, 0.1) is 40.1 Å². The number of aliphatic hydroxyl groups excluding tert-OH is 1. The Kier molecular flexibility index (Phi) is 36.7. The molecule has 0 spiro atoms. The molecule has 3 atom stereocenters. The number of hydrogen-bond donors (Lipinski definition) is 1. The highest BCUT2D eigenvalue weighted by molar-refractivity contribution is 7.45. The van der Waals surface area contributed by atoms with E-state index in [4.69, 9.17) is 18.5 Å². The zero-order valence-corrected chi connectivity index (χ0v) is 37.1. The van der Waals surface area contributed by atoms with Gasteiger partial charge in [0.25, 0.3) is 7.82 Å². The number of carbonyl (C=O) groups is 1. The Bertz CT molecular complexity index is 1140. The first-order chi connectivity index (χ1) is 27.0. The summed E-state index contributed by atoms with van der Waals surface area (Å²) in [6.07, 6.45) is 46.1. The van der Waals surface area contributed by atoms with E-state index >= 15 is 0 Å². The number of nitrogens with zero attached hydrogens (tertiary/aromatic N) is 1. The predicted molar refractivity (Wildman–Crippen MR) is 232 cm³/mol. The van der Waals surface area contributed by atoms with Gasteiger partial charge in [0.15, 0.2) is 6.10 Å². The van der Waals surface area contributed by atoms with Crippen molar-refractivity contribution in [3.8, 4) is 0 Å². The van der Waals surface area contributed by atoms with Crippen molar-refractivity contribution in [2.24, 2.45) is 0 Å². The van der Waals surface area contributed by atoms with Gasteiger partial charge >= 0.3 is 5.97 Å². The third kappa shape index (κ3) is 41.4. The minimum Gasteiger partial charge on any atom is -0.756 e. The van der Waals surface area contributed by atoms with Crippen LogP contribution in [0.15, 0.2) is 73.1 Å². The van der Waals surface area contributed by atoms with E-state index in [1.807, 2.05) is 45.4 Å². The second-order valence-corrected chi connectivity index (χ2v) is 17.0. The van der Waals surface area contributed by atoms with Crippen LogP contribution in [0.5, 0.6) is 0 Å². The molecule has 0 aromatic carbocycles. The Morgan fingerprint density at radius 2 is 1.21 bits per heavy atom. The Balaban J connectivity index is 4.51. The zero-order chi connectivity index (χ0) is 41.4. The second-order valence-electron chi connectivity index (χ2n) is 15.6. The summed E-state index contributed by atoms with van der Waals surface area (Å²) >= 11 is 0. The van der Waals surface area contributed by atoms with Crippen LogP contribution in [0.25, 0.3) is 0 Å². The molecule has 56 heavy (non-hydrogen) atoms. The van der Waals surface area contributed by atoms with E-state index in [0.29, 0.717) is 23.9 Å². The maximum Gasteiger partial charge on any atom is 0.305 e. The Hall–Kier alpha value is -2.26. The first-order valence-corrected chi connectivity index (χ1v) is 23.3. The molecule has 0 aromatic rings. The average molecular weight is 808 g/mol. The van der Waals surface area contributed by atoms with E-state index in [1.165, 1.54) is 89.7 Å². The summed E-state index contributed by atoms with van der Waals surface area (Å²) in [5.41, 5.74) is 0. The number of aliphatic hydroxyl groups is 1. The number of ether oxygens (including phenoxy) is 2. The number of carbonyl (C=O) groups excluding carboxylic acids is 1. The number of hydrogen-bond acceptors (Lipinski definition) is 8. The molecule has 324 valence electrons. The number of unbranched alkanes of at least 4 members (excludes halogenated alkanes) is 14. The fraction of sp³-hybridized carbons (Fsp3) is 0.717. The van der Waals surface area contributed by atoms with E-state index in [0.717, 1.165) is 38.5 Å². The van der Waals surface area contributed by atoms with Crippen molar-refractivity contribution < 1.29 is 42.4 Å². The molecule has 0 bridgehead atoms. The monoisotopic (exact) mass is 808 g/mol. The van der Waals surface area contributed by atoms with Crippen molar-refractivity contribution in [2.45, 2.75) is 167 Å². The van der Waals surface area contributed by atoms with Crippen LogP contribution in [0.1, 0.15) is 155 Å². The van der Waals surface area contributed by atoms with Gasteiger partial charge in [-0.25, -0.2) is 0 Å². The zero-order valence-electron chi connectivity index (χ0n) is 36.2. The molecule has 0 heterocycles. The molecule has 10 heteroatoms. The molecule has 1 unspecified atom stereocenters. The lowest BCUT2D eigenvalue weighted by atomic mass is 10.1. The lowest BCUT2D eigenvalue weighted by molar-refractivity contribution is -0.870. The number of phosphoric acid groups is 1. The van der Waals surface area contributed by atoms with Gasteiger partial charge in [0, 0.05) is 6.42 Å². The minimum atomic E-state index is -4.57. The summed E-state index contributed by atoms with van der Waals surface area (Å²) in [5.74, 6) is -0.454. The van der Waals surface area contributed by atoms with Crippen LogP contribution >= 0.6 is 7.82 Å². The lowest BCUT2D eigenvalue weighted by Crippen LogP contribution is -2.37. The maximum absolute atomic E-state index is 12.5. The van der Waals surface area contributed by atoms with Crippen molar-refractivity contribution in [1.29, 1.82) is 0 Å². The summed E-state index contributed by atoms with van der Waals surface area (Å²) in [7, 11) is 1.25. The van der Waals surface area contributed by atoms with Crippen molar-refractivity contribution in [3.05, 3.63) is 73.1 Å². The summed E-state index contributed by atoms with van der Waals surface area (Å²) in [4.78, 5) is 24.8. The Morgan fingerprint density at radius 3 is 1.86 bits per heavy atom. The smallest absolute Gasteiger partial charge is 0.305 e. The number of rotatable bonds is 39. The van der Waals surface area contributed by atoms with Crippen LogP contribution in [0, 0.1) is 0 Å². The first-order valence-electron chi connectivity index (χ1n) is 21.8. The highest BCUT2D eigenvalue weighted by Crippen LogP contribution is 2.38. The number of esters is 1. The molecule has 0 radical (unpaired) electrons. The normalized spacial score (nSPS) is 15.0. The van der Waals surface area contributed by atoms with Gasteiger partial charge in [-0.3, -0.25) is 9.36 Å². The van der Waals surface area contributed by atoms with Gasteiger partial charge in [0.2, 0.25) is 0 Å². The number of allylic oxidation sites excluding steroid dienone is 10. The molecule has 1 N–H and O–H groups in total. The van der Waals surface area contributed by atoms with Crippen molar-refractivity contribution in [2.75, 3.05) is 47.5 Å². The van der Waals surface area contributed by atoms with E-state index < -0.39 is 26.0 Å². The number of likely N-dealkylation sites (N-methyl/N-ethyl adjacent to an activating group) is 1. The largest absolute Gasteiger partial charge is 0.756 e. The van der Waals surface area contributed by atoms with Gasteiger partial charge in [-0.05, 0) is 83.1 Å². The fourth-order valence-corrected chi connectivity index (χ4v) is 6.12. The molecule has 9 nitrogen and oxygen atoms in total. The predicted octanol–water partition coefficient (Wildman–Crippen LogP) is 11.4. The van der Waals surface area contributed by atoms with E-state index in [9.17, 15) is 19.4 Å². The molecule has 0 aliphatic heterocycles. The van der Waals surface area contributed by atoms with Gasteiger partial charge in [-0.15, -0.1) is 0 Å². The number of quaternary nitrogens is 1. The van der Waals surface area contributed by atoms with Gasteiger partial charge in [0.1, 0.15) is 19.8 Å². The molecule has 0 rings (SSSR count). The molecule has 0 saturated heterocycles. The highest BCUT2D eigenvalue weighted by Gasteiger charge is 2.19. The molecule has 0 amide bonds. The summed E-state index contributed by atoms with van der Waals surface area (Å²) in [5, 5.41) is 10.3. The first kappa shape index (κ1) is 53.7. The van der Waals surface area contributed by atoms with Crippen LogP contribution in [-0.2, 0) is 27.9 Å². The summed E-state index contributed by atoms with van der Waals surface area (Å²) in [6, 6.07) is 0. The topological polar surface area (TPSA) is 114 Å². The molecular formula is C46H82NO8P. The second kappa shape index (κ2) is 38.3. The van der Waals surface area contributed by atoms with E-state index in [-0.39, 0.29) is 26.2 Å². The van der Waals surface area contributed by atoms with Crippen LogP contribution < -0.4 is 4.89 Å². The number of phosphoric ester groups is 1. The Labute approximate surface area is 343 Å². The lowest BCUT2D eigenvalue weighted by Gasteiger charge is -2.28. The van der Waals surface area contributed by atoms with Gasteiger partial charge in [-0.1, -0.05) is 132 Å². The summed E-state index contributed by atoms with van der Waals surface area (Å²) in [6.45, 7) is 4.42. The van der Waals surface area contributed by atoms with Crippen LogP contribution in [-0.4, -0.2) is 75.3 Å². The molecule has 0 aromatic heterocycles. The van der Waals surface area contributed by atoms with Crippen molar-refractivity contribution in [3.63, 3.8) is 0 Å². The maximum atomic E-state index is 12.5. The third-order valence-electron chi connectivity index (χ3n) is 8.92. The summed E-state index contributed by atoms with van der Waals surface area (Å²) < 4.78 is 34.2. The van der Waals surface area contributed by atoms with Crippen LogP contribution in [0.2, 0.25) is 0 Å². The van der Waals surface area contributed by atoms with Gasteiger partial charge < -0.3 is 33.0 Å². The molecule has 0 aliphatic rings. The van der Waals surface area contributed by atoms with Gasteiger partial charge in [-0.2, -0.15) is 0 Å². The standard InChI is InChI=1S/C46H82NO8P/c1-6-8-10-12-14-16-18-20-21-22-24-26-28-30-32-34-40-52-45(43-55-56(50,51)54-41-39-47(3,4)5)42-53-46(49)38-35-37-44(48)36-33-31-29-27-25-23-19-17-15-13-11-9-7-2/h15-18,23,25,29,31,33-34,36,40,44-45,48H,6-14,19-22,24,26-28,30,32,35,37-39,41-43H2,1-5H3/b17-15-,18-16-,25-23-,31-29-,36-33+,40-34+/t44-,45-/m1/s1. The van der Waals surface area contributed by atoms with E-state index in [1.54, 1.807) is 6.08 Å². The van der Waals surface area contributed by atoms with Crippen molar-refractivity contribution in [1.82, 2.24) is 0 Å². The quantitative estimate of drug-likeness (QED) is 0.0124. The molecular weight excluding hydrogens is 725 g/mol. The third-order valence-corrected chi connectivity index (χ3v) is 9.89. The highest BCUT2D eigenvalue weighted by atomic mass is 31.2. The molecule has 0 aliphatic carbocycles. The van der Waals surface area contributed by atoms with Crippen LogP contribution in [0.3, 0.4) is 0 Å². The van der Waals surface area contributed by atoms with Crippen LogP contribution in [0.4, 0.5) is 0 Å².